The predicted molar refractivity (Wildman–Crippen MR) is 47.8 cm³/mol. The number of amides is 2. The molecule has 0 aliphatic carbocycles. The smallest absolute Gasteiger partial charge is 0.242 e. The fourth-order valence-corrected chi connectivity index (χ4v) is 1.34. The molecule has 1 aliphatic rings. The average Bonchev–Trinajstić information content (AvgIpc) is 2.05. The van der Waals surface area contributed by atoms with Gasteiger partial charge in [-0.2, -0.15) is 0 Å². The lowest BCUT2D eigenvalue weighted by Gasteiger charge is -2.33. The van der Waals surface area contributed by atoms with Crippen LogP contribution in [0.4, 0.5) is 0 Å². The first kappa shape index (κ1) is 9.98. The summed E-state index contributed by atoms with van der Waals surface area (Å²) in [5.74, 6) is -0.176. The van der Waals surface area contributed by atoms with E-state index in [0.717, 1.165) is 0 Å². The lowest BCUT2D eigenvalue weighted by molar-refractivity contribution is -0.145. The number of carbonyl (C=O) groups is 2. The van der Waals surface area contributed by atoms with E-state index in [9.17, 15) is 9.59 Å². The Bertz CT molecular complexity index is 227. The number of hydrogen-bond donors (Lipinski definition) is 2. The molecule has 74 valence electrons. The second kappa shape index (κ2) is 3.74. The fraction of sp³-hybridized carbons (Fsp3) is 0.750. The van der Waals surface area contributed by atoms with E-state index in [0.29, 0.717) is 6.54 Å². The number of hydrogen-bond acceptors (Lipinski definition) is 3. The second-order valence-corrected chi connectivity index (χ2v) is 3.42. The summed E-state index contributed by atoms with van der Waals surface area (Å²) >= 11 is 0. The van der Waals surface area contributed by atoms with E-state index in [2.05, 4.69) is 5.32 Å². The first-order valence-electron chi connectivity index (χ1n) is 4.35. The van der Waals surface area contributed by atoms with E-state index in [1.807, 2.05) is 6.92 Å². The summed E-state index contributed by atoms with van der Waals surface area (Å²) in [6, 6.07) is -0.496. The lowest BCUT2D eigenvalue weighted by atomic mass is 10.2. The number of nitrogens with one attached hydrogen (secondary N) is 1. The van der Waals surface area contributed by atoms with Gasteiger partial charge in [0.25, 0.3) is 0 Å². The fourth-order valence-electron chi connectivity index (χ4n) is 1.34. The Balaban J connectivity index is 2.66. The van der Waals surface area contributed by atoms with Crippen molar-refractivity contribution in [2.24, 2.45) is 5.73 Å². The standard InChI is InChI=1S/C8H15N3O2/c1-5(9)4-11-6(2)8(13)10-3-7(11)12/h5-6H,3-4,9H2,1-2H3,(H,10,13). The van der Waals surface area contributed by atoms with Crippen LogP contribution in [0.2, 0.25) is 0 Å². The summed E-state index contributed by atoms with van der Waals surface area (Å²) in [4.78, 5) is 24.0. The molecule has 0 spiro atoms. The van der Waals surface area contributed by atoms with E-state index < -0.39 is 6.04 Å². The van der Waals surface area contributed by atoms with Gasteiger partial charge in [0.1, 0.15) is 6.04 Å². The van der Waals surface area contributed by atoms with Gasteiger partial charge in [-0.15, -0.1) is 0 Å². The third-order valence-electron chi connectivity index (χ3n) is 2.07. The zero-order valence-corrected chi connectivity index (χ0v) is 7.91. The zero-order valence-electron chi connectivity index (χ0n) is 7.91. The number of piperazine rings is 1. The van der Waals surface area contributed by atoms with Gasteiger partial charge in [-0.25, -0.2) is 0 Å². The van der Waals surface area contributed by atoms with Gasteiger partial charge in [0.15, 0.2) is 0 Å². The minimum Gasteiger partial charge on any atom is -0.345 e. The molecule has 0 aromatic rings. The summed E-state index contributed by atoms with van der Waals surface area (Å²) in [5.41, 5.74) is 5.57. The molecule has 0 aromatic heterocycles. The van der Waals surface area contributed by atoms with Crippen LogP contribution in [0.1, 0.15) is 13.8 Å². The van der Waals surface area contributed by atoms with Crippen molar-refractivity contribution >= 4 is 11.8 Å². The Morgan fingerprint density at radius 3 is 2.85 bits per heavy atom. The zero-order chi connectivity index (χ0) is 10.0. The van der Waals surface area contributed by atoms with Gasteiger partial charge in [-0.3, -0.25) is 9.59 Å². The Labute approximate surface area is 77.3 Å². The molecule has 2 unspecified atom stereocenters. The largest absolute Gasteiger partial charge is 0.345 e. The van der Waals surface area contributed by atoms with Crippen LogP contribution in [0, 0.1) is 0 Å². The van der Waals surface area contributed by atoms with Gasteiger partial charge in [-0.1, -0.05) is 0 Å². The van der Waals surface area contributed by atoms with Crippen LogP contribution in [0.3, 0.4) is 0 Å². The first-order chi connectivity index (χ1) is 6.02. The molecule has 5 nitrogen and oxygen atoms in total. The van der Waals surface area contributed by atoms with Crippen molar-refractivity contribution < 1.29 is 9.59 Å². The predicted octanol–water partition coefficient (Wildman–Crippen LogP) is -1.32. The highest BCUT2D eigenvalue weighted by molar-refractivity contribution is 5.94. The average molecular weight is 185 g/mol. The monoisotopic (exact) mass is 185 g/mol. The SMILES string of the molecule is CC(N)CN1C(=O)CNC(=O)C1C. The van der Waals surface area contributed by atoms with Crippen LogP contribution < -0.4 is 11.1 Å². The van der Waals surface area contributed by atoms with E-state index in [-0.39, 0.29) is 24.4 Å². The normalized spacial score (nSPS) is 25.8. The maximum Gasteiger partial charge on any atom is 0.242 e. The van der Waals surface area contributed by atoms with Crippen LogP contribution in [0.25, 0.3) is 0 Å². The summed E-state index contributed by atoms with van der Waals surface area (Å²) in [6.07, 6.45) is 0. The van der Waals surface area contributed by atoms with Crippen LogP contribution in [-0.4, -0.2) is 41.9 Å². The molecule has 0 saturated carbocycles. The highest BCUT2D eigenvalue weighted by atomic mass is 16.2. The maximum absolute atomic E-state index is 11.3. The molecule has 0 aromatic carbocycles. The molecule has 0 bridgehead atoms. The lowest BCUT2D eigenvalue weighted by Crippen LogP contribution is -2.59. The second-order valence-electron chi connectivity index (χ2n) is 3.42. The van der Waals surface area contributed by atoms with Crippen molar-refractivity contribution in [3.63, 3.8) is 0 Å². The van der Waals surface area contributed by atoms with Crippen LogP contribution in [0.15, 0.2) is 0 Å². The molecule has 1 aliphatic heterocycles. The Morgan fingerprint density at radius 1 is 1.69 bits per heavy atom. The van der Waals surface area contributed by atoms with Crippen molar-refractivity contribution in [2.75, 3.05) is 13.1 Å². The number of nitrogens with two attached hydrogens (primary N) is 1. The van der Waals surface area contributed by atoms with Crippen molar-refractivity contribution in [2.45, 2.75) is 25.9 Å². The molecular weight excluding hydrogens is 170 g/mol. The van der Waals surface area contributed by atoms with Crippen LogP contribution in [0.5, 0.6) is 0 Å². The van der Waals surface area contributed by atoms with Crippen LogP contribution >= 0.6 is 0 Å². The van der Waals surface area contributed by atoms with Gasteiger partial charge in [-0.05, 0) is 13.8 Å². The Kier molecular flexibility index (Phi) is 2.87. The highest BCUT2D eigenvalue weighted by Crippen LogP contribution is 2.05. The summed E-state index contributed by atoms with van der Waals surface area (Å²) in [7, 11) is 0. The number of rotatable bonds is 2. The molecule has 13 heavy (non-hydrogen) atoms. The summed E-state index contributed by atoms with van der Waals surface area (Å²) in [5, 5.41) is 2.51. The molecule has 1 heterocycles. The van der Waals surface area contributed by atoms with Crippen LogP contribution in [-0.2, 0) is 9.59 Å². The van der Waals surface area contributed by atoms with Crippen molar-refractivity contribution in [1.29, 1.82) is 0 Å². The highest BCUT2D eigenvalue weighted by Gasteiger charge is 2.30. The topological polar surface area (TPSA) is 75.4 Å². The van der Waals surface area contributed by atoms with Gasteiger partial charge < -0.3 is 16.0 Å². The minimum atomic E-state index is -0.396. The van der Waals surface area contributed by atoms with E-state index >= 15 is 0 Å². The Hall–Kier alpha value is -1.10. The van der Waals surface area contributed by atoms with Crippen molar-refractivity contribution in [3.05, 3.63) is 0 Å². The van der Waals surface area contributed by atoms with Crippen molar-refractivity contribution in [3.8, 4) is 0 Å². The van der Waals surface area contributed by atoms with Crippen molar-refractivity contribution in [1.82, 2.24) is 10.2 Å². The number of nitrogens with zero attached hydrogens (tertiary/aromatic N) is 1. The third-order valence-corrected chi connectivity index (χ3v) is 2.07. The molecule has 5 heteroatoms. The molecule has 2 amide bonds. The van der Waals surface area contributed by atoms with Gasteiger partial charge in [0.05, 0.1) is 6.54 Å². The van der Waals surface area contributed by atoms with E-state index in [1.54, 1.807) is 6.92 Å². The third kappa shape index (κ3) is 2.18. The van der Waals surface area contributed by atoms with E-state index in [4.69, 9.17) is 5.73 Å². The summed E-state index contributed by atoms with van der Waals surface area (Å²) in [6.45, 7) is 4.05. The first-order valence-corrected chi connectivity index (χ1v) is 4.35. The molecule has 2 atom stereocenters. The van der Waals surface area contributed by atoms with Gasteiger partial charge in [0.2, 0.25) is 11.8 Å². The molecular formula is C8H15N3O2. The quantitative estimate of drug-likeness (QED) is 0.560. The molecule has 1 saturated heterocycles. The summed E-state index contributed by atoms with van der Waals surface area (Å²) < 4.78 is 0. The number of carbonyl (C=O) groups excluding carboxylic acids is 2. The van der Waals surface area contributed by atoms with Gasteiger partial charge >= 0.3 is 0 Å². The molecule has 1 fully saturated rings. The molecule has 1 rings (SSSR count). The maximum atomic E-state index is 11.3. The Morgan fingerprint density at radius 2 is 2.31 bits per heavy atom. The molecule has 0 radical (unpaired) electrons. The van der Waals surface area contributed by atoms with E-state index in [1.165, 1.54) is 4.90 Å². The minimum absolute atomic E-state index is 0.0654. The molecule has 3 N–H and O–H groups in total. The van der Waals surface area contributed by atoms with Gasteiger partial charge in [0, 0.05) is 12.6 Å².